The van der Waals surface area contributed by atoms with Crippen molar-refractivity contribution >= 4 is 23.0 Å². The molecule has 0 aliphatic heterocycles. The van der Waals surface area contributed by atoms with Gasteiger partial charge in [-0.05, 0) is 5.56 Å². The van der Waals surface area contributed by atoms with Gasteiger partial charge in [-0.2, -0.15) is 13.2 Å². The fourth-order valence-corrected chi connectivity index (χ4v) is 2.63. The van der Waals surface area contributed by atoms with E-state index < -0.39 is 27.6 Å². The lowest BCUT2D eigenvalue weighted by Crippen LogP contribution is -2.22. The highest BCUT2D eigenvalue weighted by Crippen LogP contribution is 2.46. The highest BCUT2D eigenvalue weighted by Gasteiger charge is 2.38. The van der Waals surface area contributed by atoms with Gasteiger partial charge >= 0.3 is 6.18 Å². The Labute approximate surface area is 110 Å². The largest absolute Gasteiger partial charge is 0.544 e. The van der Waals surface area contributed by atoms with Crippen LogP contribution in [-0.2, 0) is 6.18 Å². The van der Waals surface area contributed by atoms with Crippen LogP contribution in [0.3, 0.4) is 0 Å². The Morgan fingerprint density at radius 3 is 2.26 bits per heavy atom. The first kappa shape index (κ1) is 13.4. The molecule has 0 unspecified atom stereocenters. The van der Waals surface area contributed by atoms with Gasteiger partial charge in [-0.3, -0.25) is 0 Å². The Morgan fingerprint density at radius 1 is 1.21 bits per heavy atom. The van der Waals surface area contributed by atoms with Crippen LogP contribution in [0.1, 0.15) is 14.5 Å². The number of aromatic carboxylic acids is 1. The van der Waals surface area contributed by atoms with E-state index >= 15 is 0 Å². The van der Waals surface area contributed by atoms with Crippen molar-refractivity contribution in [3.05, 3.63) is 40.1 Å². The SMILES string of the molecule is Nc1c(C(=O)[O-])sc(C(F)(F)F)c1-c1ccccc1. The molecule has 0 bridgehead atoms. The monoisotopic (exact) mass is 286 g/mol. The van der Waals surface area contributed by atoms with E-state index in [9.17, 15) is 23.1 Å². The van der Waals surface area contributed by atoms with Crippen molar-refractivity contribution in [2.24, 2.45) is 0 Å². The van der Waals surface area contributed by atoms with Crippen LogP contribution < -0.4 is 10.8 Å². The number of carboxylic acid groups (broad SMARTS) is 1. The number of anilines is 1. The van der Waals surface area contributed by atoms with Crippen LogP contribution in [0.2, 0.25) is 0 Å². The predicted molar refractivity (Wildman–Crippen MR) is 63.5 cm³/mol. The molecule has 100 valence electrons. The number of rotatable bonds is 2. The van der Waals surface area contributed by atoms with Gasteiger partial charge in [0.15, 0.2) is 0 Å². The van der Waals surface area contributed by atoms with Crippen LogP contribution in [-0.4, -0.2) is 5.97 Å². The Kier molecular flexibility index (Phi) is 3.23. The van der Waals surface area contributed by atoms with E-state index in [1.165, 1.54) is 12.1 Å². The molecular formula is C12H7F3NO2S-. The minimum absolute atomic E-state index is 0.0840. The van der Waals surface area contributed by atoms with Crippen molar-refractivity contribution in [3.63, 3.8) is 0 Å². The lowest BCUT2D eigenvalue weighted by molar-refractivity contribution is -0.254. The van der Waals surface area contributed by atoms with Crippen LogP contribution in [0, 0.1) is 0 Å². The third-order valence-electron chi connectivity index (χ3n) is 2.45. The topological polar surface area (TPSA) is 66.2 Å². The number of halogens is 3. The second-order valence-corrected chi connectivity index (χ2v) is 4.72. The van der Waals surface area contributed by atoms with Gasteiger partial charge in [0.25, 0.3) is 0 Å². The van der Waals surface area contributed by atoms with Crippen LogP contribution in [0.25, 0.3) is 11.1 Å². The summed E-state index contributed by atoms with van der Waals surface area (Å²) in [5, 5.41) is 10.8. The van der Waals surface area contributed by atoms with Gasteiger partial charge in [0.1, 0.15) is 4.88 Å². The molecule has 0 fully saturated rings. The van der Waals surface area contributed by atoms with Gasteiger partial charge in [0.2, 0.25) is 0 Å². The maximum atomic E-state index is 12.9. The van der Waals surface area contributed by atoms with Crippen molar-refractivity contribution < 1.29 is 23.1 Å². The first-order valence-electron chi connectivity index (χ1n) is 5.08. The van der Waals surface area contributed by atoms with Crippen molar-refractivity contribution in [1.82, 2.24) is 0 Å². The summed E-state index contributed by atoms with van der Waals surface area (Å²) in [6.45, 7) is 0. The zero-order valence-corrected chi connectivity index (χ0v) is 10.1. The summed E-state index contributed by atoms with van der Waals surface area (Å²) < 4.78 is 38.8. The Bertz CT molecular complexity index is 620. The van der Waals surface area contributed by atoms with E-state index in [4.69, 9.17) is 5.73 Å². The van der Waals surface area contributed by atoms with E-state index in [2.05, 4.69) is 0 Å². The van der Waals surface area contributed by atoms with E-state index in [1.807, 2.05) is 0 Å². The maximum absolute atomic E-state index is 12.9. The minimum atomic E-state index is -4.67. The minimum Gasteiger partial charge on any atom is -0.544 e. The van der Waals surface area contributed by atoms with Crippen LogP contribution in [0.4, 0.5) is 18.9 Å². The number of alkyl halides is 3. The number of nitrogens with two attached hydrogens (primary N) is 1. The Balaban J connectivity index is 2.75. The second-order valence-electron chi connectivity index (χ2n) is 3.70. The van der Waals surface area contributed by atoms with Gasteiger partial charge < -0.3 is 15.6 Å². The summed E-state index contributed by atoms with van der Waals surface area (Å²) in [5.41, 5.74) is 5.02. The highest BCUT2D eigenvalue weighted by molar-refractivity contribution is 7.15. The smallest absolute Gasteiger partial charge is 0.426 e. The van der Waals surface area contributed by atoms with E-state index in [-0.39, 0.29) is 22.5 Å². The zero-order valence-electron chi connectivity index (χ0n) is 9.32. The molecule has 0 radical (unpaired) electrons. The van der Waals surface area contributed by atoms with Gasteiger partial charge in [0, 0.05) is 5.56 Å². The van der Waals surface area contributed by atoms with Crippen LogP contribution >= 0.6 is 11.3 Å². The highest BCUT2D eigenvalue weighted by atomic mass is 32.1. The average molecular weight is 286 g/mol. The molecule has 1 aromatic heterocycles. The number of hydrogen-bond donors (Lipinski definition) is 1. The van der Waals surface area contributed by atoms with Crippen molar-refractivity contribution in [2.75, 3.05) is 5.73 Å². The summed E-state index contributed by atoms with van der Waals surface area (Å²) in [6.07, 6.45) is -4.67. The number of hydrogen-bond acceptors (Lipinski definition) is 4. The first-order valence-corrected chi connectivity index (χ1v) is 5.90. The molecule has 0 aliphatic rings. The zero-order chi connectivity index (χ0) is 14.2. The number of benzene rings is 1. The van der Waals surface area contributed by atoms with Gasteiger partial charge in [-0.25, -0.2) is 0 Å². The molecule has 2 N–H and O–H groups in total. The predicted octanol–water partition coefficient (Wildman–Crippen LogP) is 2.38. The molecule has 0 amide bonds. The van der Waals surface area contributed by atoms with Crippen LogP contribution in [0.15, 0.2) is 30.3 Å². The van der Waals surface area contributed by atoms with E-state index in [0.29, 0.717) is 0 Å². The molecule has 2 rings (SSSR count). The first-order chi connectivity index (χ1) is 8.82. The summed E-state index contributed by atoms with van der Waals surface area (Å²) in [4.78, 5) is 9.16. The molecular weight excluding hydrogens is 279 g/mol. The Morgan fingerprint density at radius 2 is 1.79 bits per heavy atom. The number of nitrogen functional groups attached to an aromatic ring is 1. The molecule has 0 atom stereocenters. The molecule has 0 spiro atoms. The number of carbonyl (C=O) groups is 1. The summed E-state index contributed by atoms with van der Waals surface area (Å²) >= 11 is 0.0840. The molecule has 7 heteroatoms. The fourth-order valence-electron chi connectivity index (χ4n) is 1.69. The standard InChI is InChI=1S/C12H8F3NO2S/c13-12(14,15)10-7(6-4-2-1-3-5-6)8(16)9(19-10)11(17)18/h1-5H,16H2,(H,17,18)/p-1. The molecule has 19 heavy (non-hydrogen) atoms. The number of carbonyl (C=O) groups excluding carboxylic acids is 1. The van der Waals surface area contributed by atoms with Crippen molar-refractivity contribution in [2.45, 2.75) is 6.18 Å². The molecule has 1 heterocycles. The number of thiophene rings is 1. The number of carboxylic acids is 1. The third kappa shape index (κ3) is 2.41. The lowest BCUT2D eigenvalue weighted by atomic mass is 10.0. The van der Waals surface area contributed by atoms with Crippen molar-refractivity contribution in [1.29, 1.82) is 0 Å². The second kappa shape index (κ2) is 4.58. The van der Waals surface area contributed by atoms with Crippen LogP contribution in [0.5, 0.6) is 0 Å². The third-order valence-corrected chi connectivity index (χ3v) is 3.68. The van der Waals surface area contributed by atoms with E-state index in [1.54, 1.807) is 18.2 Å². The normalized spacial score (nSPS) is 11.5. The lowest BCUT2D eigenvalue weighted by Gasteiger charge is -2.08. The molecule has 2 aromatic rings. The summed E-state index contributed by atoms with van der Waals surface area (Å²) in [7, 11) is 0. The summed E-state index contributed by atoms with van der Waals surface area (Å²) in [5.74, 6) is -1.71. The molecule has 1 aromatic carbocycles. The molecule has 0 saturated heterocycles. The van der Waals surface area contributed by atoms with Gasteiger partial charge in [-0.1, -0.05) is 30.3 Å². The summed E-state index contributed by atoms with van der Waals surface area (Å²) in [6, 6.07) is 7.61. The molecule has 3 nitrogen and oxygen atoms in total. The average Bonchev–Trinajstić information content (AvgIpc) is 2.68. The molecule has 0 saturated carbocycles. The van der Waals surface area contributed by atoms with Crippen molar-refractivity contribution in [3.8, 4) is 11.1 Å². The fraction of sp³-hybridized carbons (Fsp3) is 0.0833. The quantitative estimate of drug-likeness (QED) is 0.921. The Hall–Kier alpha value is -2.02. The van der Waals surface area contributed by atoms with Gasteiger partial charge in [0.05, 0.1) is 16.5 Å². The molecule has 0 aliphatic carbocycles. The van der Waals surface area contributed by atoms with E-state index in [0.717, 1.165) is 0 Å². The maximum Gasteiger partial charge on any atom is 0.426 e. The van der Waals surface area contributed by atoms with Gasteiger partial charge in [-0.15, -0.1) is 11.3 Å².